The molecular weight excluding hydrogens is 363 g/mol. The van der Waals surface area contributed by atoms with Gasteiger partial charge < -0.3 is 5.32 Å². The molecule has 3 nitrogen and oxygen atoms in total. The molecule has 1 aromatic heterocycles. The van der Waals surface area contributed by atoms with E-state index in [1.807, 2.05) is 54.6 Å². The van der Waals surface area contributed by atoms with Crippen molar-refractivity contribution in [1.82, 2.24) is 4.98 Å². The molecule has 1 heterocycles. The fourth-order valence-corrected chi connectivity index (χ4v) is 2.38. The molecule has 98 valence electrons. The minimum atomic E-state index is -0.192. The Morgan fingerprint density at radius 3 is 2.55 bits per heavy atom. The van der Waals surface area contributed by atoms with Crippen molar-refractivity contribution in [2.24, 2.45) is 0 Å². The zero-order valence-corrected chi connectivity index (χ0v) is 12.7. The largest absolute Gasteiger partial charge is 0.321 e. The second-order valence-electron chi connectivity index (χ2n) is 4.34. The predicted octanol–water partition coefficient (Wildman–Crippen LogP) is 4.09. The molecular formula is C16H11IN2O. The highest BCUT2D eigenvalue weighted by Gasteiger charge is 2.11. The van der Waals surface area contributed by atoms with E-state index in [1.165, 1.54) is 0 Å². The molecule has 0 aliphatic heterocycles. The Balaban J connectivity index is 1.94. The first-order valence-electron chi connectivity index (χ1n) is 6.15. The van der Waals surface area contributed by atoms with Gasteiger partial charge in [0.1, 0.15) is 5.69 Å². The first-order chi connectivity index (χ1) is 9.74. The number of nitrogens with zero attached hydrogens (tertiary/aromatic N) is 1. The quantitative estimate of drug-likeness (QED) is 0.687. The molecule has 0 fully saturated rings. The van der Waals surface area contributed by atoms with Gasteiger partial charge in [0.15, 0.2) is 0 Å². The molecule has 0 radical (unpaired) electrons. The maximum Gasteiger partial charge on any atom is 0.274 e. The lowest BCUT2D eigenvalue weighted by Crippen LogP contribution is -2.14. The van der Waals surface area contributed by atoms with E-state index in [0.29, 0.717) is 5.69 Å². The summed E-state index contributed by atoms with van der Waals surface area (Å²) in [5, 5.41) is 4.74. The van der Waals surface area contributed by atoms with Crippen molar-refractivity contribution >= 4 is 45.0 Å². The molecule has 0 saturated carbocycles. The molecule has 2 aromatic carbocycles. The molecule has 0 saturated heterocycles. The van der Waals surface area contributed by atoms with Gasteiger partial charge in [-0.2, -0.15) is 0 Å². The van der Waals surface area contributed by atoms with E-state index < -0.39 is 0 Å². The third kappa shape index (κ3) is 2.65. The molecule has 0 atom stereocenters. The van der Waals surface area contributed by atoms with Crippen LogP contribution in [0.2, 0.25) is 0 Å². The predicted molar refractivity (Wildman–Crippen MR) is 88.9 cm³/mol. The lowest BCUT2D eigenvalue weighted by molar-refractivity contribution is 0.102. The Labute approximate surface area is 130 Å². The van der Waals surface area contributed by atoms with Crippen LogP contribution >= 0.6 is 22.6 Å². The lowest BCUT2D eigenvalue weighted by atomic mass is 10.1. The smallest absolute Gasteiger partial charge is 0.274 e. The number of hydrogen-bond donors (Lipinski definition) is 1. The zero-order chi connectivity index (χ0) is 13.9. The third-order valence-corrected chi connectivity index (χ3v) is 3.71. The summed E-state index contributed by atoms with van der Waals surface area (Å²) >= 11 is 2.23. The van der Waals surface area contributed by atoms with Crippen molar-refractivity contribution in [3.8, 4) is 0 Å². The van der Waals surface area contributed by atoms with Crippen molar-refractivity contribution in [2.75, 3.05) is 5.32 Å². The second-order valence-corrected chi connectivity index (χ2v) is 5.59. The van der Waals surface area contributed by atoms with Crippen LogP contribution in [0.1, 0.15) is 10.5 Å². The molecule has 0 aliphatic carbocycles. The number of halogens is 1. The van der Waals surface area contributed by atoms with Gasteiger partial charge in [-0.05, 0) is 58.3 Å². The molecule has 1 N–H and O–H groups in total. The monoisotopic (exact) mass is 374 g/mol. The van der Waals surface area contributed by atoms with Crippen LogP contribution in [-0.4, -0.2) is 10.9 Å². The highest BCUT2D eigenvalue weighted by molar-refractivity contribution is 14.1. The van der Waals surface area contributed by atoms with E-state index in [-0.39, 0.29) is 5.91 Å². The summed E-state index contributed by atoms with van der Waals surface area (Å²) < 4.78 is 1.13. The van der Waals surface area contributed by atoms with Crippen LogP contribution in [-0.2, 0) is 0 Å². The Bertz CT molecular complexity index is 764. The average molecular weight is 374 g/mol. The number of benzene rings is 2. The van der Waals surface area contributed by atoms with Crippen LogP contribution in [0.15, 0.2) is 60.8 Å². The van der Waals surface area contributed by atoms with Gasteiger partial charge in [-0.25, -0.2) is 0 Å². The number of anilines is 1. The molecule has 3 rings (SSSR count). The topological polar surface area (TPSA) is 42.0 Å². The van der Waals surface area contributed by atoms with E-state index in [1.54, 1.807) is 6.20 Å². The van der Waals surface area contributed by atoms with E-state index in [4.69, 9.17) is 0 Å². The van der Waals surface area contributed by atoms with Crippen molar-refractivity contribution in [2.45, 2.75) is 0 Å². The standard InChI is InChI=1S/C16H11IN2O/c17-12-5-7-13(8-6-12)19-16(20)15-14-4-2-1-3-11(14)9-10-18-15/h1-10H,(H,19,20). The van der Waals surface area contributed by atoms with Crippen LogP contribution in [0.4, 0.5) is 5.69 Å². The minimum absolute atomic E-state index is 0.192. The summed E-state index contributed by atoms with van der Waals surface area (Å²) in [5.41, 5.74) is 1.21. The summed E-state index contributed by atoms with van der Waals surface area (Å²) in [5.74, 6) is -0.192. The van der Waals surface area contributed by atoms with Gasteiger partial charge in [-0.1, -0.05) is 24.3 Å². The van der Waals surface area contributed by atoms with Crippen LogP contribution in [0.25, 0.3) is 10.8 Å². The van der Waals surface area contributed by atoms with Crippen LogP contribution < -0.4 is 5.32 Å². The average Bonchev–Trinajstić information content (AvgIpc) is 2.49. The number of rotatable bonds is 2. The van der Waals surface area contributed by atoms with Crippen molar-refractivity contribution in [3.05, 3.63) is 70.1 Å². The molecule has 20 heavy (non-hydrogen) atoms. The minimum Gasteiger partial charge on any atom is -0.321 e. The Morgan fingerprint density at radius 1 is 1.00 bits per heavy atom. The Morgan fingerprint density at radius 2 is 1.75 bits per heavy atom. The summed E-state index contributed by atoms with van der Waals surface area (Å²) in [7, 11) is 0. The summed E-state index contributed by atoms with van der Waals surface area (Å²) in [6, 6.07) is 17.3. The summed E-state index contributed by atoms with van der Waals surface area (Å²) in [6.07, 6.45) is 1.66. The van der Waals surface area contributed by atoms with E-state index in [9.17, 15) is 4.79 Å². The summed E-state index contributed by atoms with van der Waals surface area (Å²) in [4.78, 5) is 16.5. The maximum atomic E-state index is 12.3. The number of hydrogen-bond acceptors (Lipinski definition) is 2. The zero-order valence-electron chi connectivity index (χ0n) is 10.5. The van der Waals surface area contributed by atoms with Gasteiger partial charge >= 0.3 is 0 Å². The van der Waals surface area contributed by atoms with Gasteiger partial charge in [0, 0.05) is 20.8 Å². The summed E-state index contributed by atoms with van der Waals surface area (Å²) in [6.45, 7) is 0. The fourth-order valence-electron chi connectivity index (χ4n) is 2.02. The first-order valence-corrected chi connectivity index (χ1v) is 7.22. The first kappa shape index (κ1) is 13.1. The number of fused-ring (bicyclic) bond motifs is 1. The SMILES string of the molecule is O=C(Nc1ccc(I)cc1)c1nccc2ccccc12. The molecule has 3 aromatic rings. The number of aromatic nitrogens is 1. The second kappa shape index (κ2) is 5.58. The van der Waals surface area contributed by atoms with Crippen molar-refractivity contribution < 1.29 is 4.79 Å². The number of amides is 1. The number of nitrogens with one attached hydrogen (secondary N) is 1. The number of carbonyl (C=O) groups is 1. The van der Waals surface area contributed by atoms with Crippen LogP contribution in [0.3, 0.4) is 0 Å². The fraction of sp³-hybridized carbons (Fsp3) is 0. The molecule has 1 amide bonds. The molecule has 0 spiro atoms. The Kier molecular flexibility index (Phi) is 3.64. The van der Waals surface area contributed by atoms with Crippen LogP contribution in [0.5, 0.6) is 0 Å². The molecule has 0 unspecified atom stereocenters. The van der Waals surface area contributed by atoms with Crippen LogP contribution in [0, 0.1) is 3.57 Å². The van der Waals surface area contributed by atoms with Gasteiger partial charge in [-0.3, -0.25) is 9.78 Å². The van der Waals surface area contributed by atoms with E-state index in [0.717, 1.165) is 20.0 Å². The molecule has 0 aliphatic rings. The lowest BCUT2D eigenvalue weighted by Gasteiger charge is -2.07. The van der Waals surface area contributed by atoms with Gasteiger partial charge in [0.2, 0.25) is 0 Å². The molecule has 0 bridgehead atoms. The van der Waals surface area contributed by atoms with Gasteiger partial charge in [0.25, 0.3) is 5.91 Å². The van der Waals surface area contributed by atoms with E-state index >= 15 is 0 Å². The number of pyridine rings is 1. The van der Waals surface area contributed by atoms with Gasteiger partial charge in [0.05, 0.1) is 0 Å². The molecule has 4 heteroatoms. The normalized spacial score (nSPS) is 10.4. The maximum absolute atomic E-state index is 12.3. The van der Waals surface area contributed by atoms with Crippen molar-refractivity contribution in [1.29, 1.82) is 0 Å². The van der Waals surface area contributed by atoms with Gasteiger partial charge in [-0.15, -0.1) is 0 Å². The Hall–Kier alpha value is -1.95. The highest BCUT2D eigenvalue weighted by atomic mass is 127. The van der Waals surface area contributed by atoms with E-state index in [2.05, 4.69) is 32.9 Å². The third-order valence-electron chi connectivity index (χ3n) is 2.99. The van der Waals surface area contributed by atoms with Crippen molar-refractivity contribution in [3.63, 3.8) is 0 Å². The highest BCUT2D eigenvalue weighted by Crippen LogP contribution is 2.18. The number of carbonyl (C=O) groups excluding carboxylic acids is 1.